The second kappa shape index (κ2) is 9.28. The summed E-state index contributed by atoms with van der Waals surface area (Å²) in [5.41, 5.74) is 1.04. The Balaban J connectivity index is 1.62. The number of hydrogen-bond donors (Lipinski definition) is 1. The molecule has 0 bridgehead atoms. The van der Waals surface area contributed by atoms with Gasteiger partial charge in [-0.05, 0) is 24.8 Å². The predicted molar refractivity (Wildman–Crippen MR) is 98.6 cm³/mol. The van der Waals surface area contributed by atoms with Crippen LogP contribution in [0.5, 0.6) is 0 Å². The Morgan fingerprint density at radius 1 is 1.23 bits per heavy atom. The maximum absolute atomic E-state index is 12.8. The minimum atomic E-state index is -0.559. The molecule has 1 amide bonds. The van der Waals surface area contributed by atoms with E-state index in [-0.39, 0.29) is 24.4 Å². The molecule has 1 aliphatic carbocycles. The fourth-order valence-electron chi connectivity index (χ4n) is 3.85. The highest BCUT2D eigenvalue weighted by atomic mass is 16.5. The second-order valence-corrected chi connectivity index (χ2v) is 7.49. The first-order valence-corrected chi connectivity index (χ1v) is 9.73. The van der Waals surface area contributed by atoms with Gasteiger partial charge in [-0.3, -0.25) is 9.59 Å². The van der Waals surface area contributed by atoms with Crippen molar-refractivity contribution < 1.29 is 19.1 Å². The van der Waals surface area contributed by atoms with E-state index in [1.54, 1.807) is 0 Å². The van der Waals surface area contributed by atoms with Gasteiger partial charge < -0.3 is 14.8 Å². The second-order valence-electron chi connectivity index (χ2n) is 7.49. The molecule has 1 unspecified atom stereocenters. The van der Waals surface area contributed by atoms with Gasteiger partial charge in [-0.25, -0.2) is 0 Å². The van der Waals surface area contributed by atoms with E-state index in [0.29, 0.717) is 12.5 Å². The van der Waals surface area contributed by atoms with E-state index in [2.05, 4.69) is 5.32 Å². The summed E-state index contributed by atoms with van der Waals surface area (Å²) in [4.78, 5) is 24.8. The van der Waals surface area contributed by atoms with Gasteiger partial charge in [-0.2, -0.15) is 0 Å². The monoisotopic (exact) mass is 359 g/mol. The first kappa shape index (κ1) is 19.1. The Morgan fingerprint density at radius 2 is 1.96 bits per heavy atom. The Morgan fingerprint density at radius 3 is 2.62 bits per heavy atom. The molecular formula is C21H29NO4. The zero-order valence-corrected chi connectivity index (χ0v) is 15.5. The molecule has 26 heavy (non-hydrogen) atoms. The summed E-state index contributed by atoms with van der Waals surface area (Å²) in [7, 11) is 0. The van der Waals surface area contributed by atoms with E-state index in [1.807, 2.05) is 37.3 Å². The van der Waals surface area contributed by atoms with Crippen LogP contribution in [-0.4, -0.2) is 36.5 Å². The van der Waals surface area contributed by atoms with Crippen LogP contribution >= 0.6 is 0 Å². The van der Waals surface area contributed by atoms with Crippen LogP contribution in [0.15, 0.2) is 30.3 Å². The third-order valence-electron chi connectivity index (χ3n) is 5.46. The van der Waals surface area contributed by atoms with Gasteiger partial charge in [0.2, 0.25) is 5.91 Å². The molecule has 0 aromatic heterocycles. The zero-order valence-electron chi connectivity index (χ0n) is 15.5. The maximum atomic E-state index is 12.8. The van der Waals surface area contributed by atoms with Gasteiger partial charge in [0, 0.05) is 0 Å². The molecule has 1 heterocycles. The van der Waals surface area contributed by atoms with Gasteiger partial charge in [0.05, 0.1) is 12.7 Å². The number of ether oxygens (including phenoxy) is 2. The molecule has 0 radical (unpaired) electrons. The van der Waals surface area contributed by atoms with Crippen molar-refractivity contribution in [3.63, 3.8) is 0 Å². The average molecular weight is 359 g/mol. The number of carbonyl (C=O) groups excluding carboxylic acids is 2. The molecule has 3 rings (SSSR count). The number of carbonyl (C=O) groups is 2. The van der Waals surface area contributed by atoms with Crippen LogP contribution in [0.4, 0.5) is 0 Å². The van der Waals surface area contributed by atoms with E-state index < -0.39 is 12.1 Å². The zero-order chi connectivity index (χ0) is 18.4. The number of amides is 1. The topological polar surface area (TPSA) is 64.6 Å². The highest BCUT2D eigenvalue weighted by molar-refractivity contribution is 5.92. The van der Waals surface area contributed by atoms with Gasteiger partial charge in [0.1, 0.15) is 18.8 Å². The summed E-state index contributed by atoms with van der Waals surface area (Å²) in [6, 6.07) is 9.31. The molecule has 2 aliphatic rings. The van der Waals surface area contributed by atoms with Gasteiger partial charge >= 0.3 is 0 Å². The van der Waals surface area contributed by atoms with Crippen molar-refractivity contribution >= 4 is 11.7 Å². The third kappa shape index (κ3) is 5.15. The lowest BCUT2D eigenvalue weighted by Gasteiger charge is -2.27. The minimum Gasteiger partial charge on any atom is -0.368 e. The first-order chi connectivity index (χ1) is 12.6. The van der Waals surface area contributed by atoms with Crippen LogP contribution < -0.4 is 5.32 Å². The Bertz CT molecular complexity index is 597. The van der Waals surface area contributed by atoms with E-state index in [1.165, 1.54) is 19.3 Å². The maximum Gasteiger partial charge on any atom is 0.249 e. The van der Waals surface area contributed by atoms with Crippen LogP contribution in [0.3, 0.4) is 0 Å². The highest BCUT2D eigenvalue weighted by Crippen LogP contribution is 2.28. The fourth-order valence-corrected chi connectivity index (χ4v) is 3.85. The molecule has 1 aromatic rings. The lowest BCUT2D eigenvalue weighted by molar-refractivity contribution is -0.137. The van der Waals surface area contributed by atoms with E-state index in [9.17, 15) is 9.59 Å². The molecule has 1 saturated heterocycles. The molecule has 0 spiro atoms. The van der Waals surface area contributed by atoms with Crippen LogP contribution in [0.2, 0.25) is 0 Å². The smallest absolute Gasteiger partial charge is 0.249 e. The largest absolute Gasteiger partial charge is 0.368 e. The molecule has 1 N–H and O–H groups in total. The summed E-state index contributed by atoms with van der Waals surface area (Å²) in [6.07, 6.45) is 5.95. The normalized spacial score (nSPS) is 25.2. The van der Waals surface area contributed by atoms with Crippen molar-refractivity contribution in [1.29, 1.82) is 0 Å². The van der Waals surface area contributed by atoms with E-state index >= 15 is 0 Å². The number of ketones is 1. The standard InChI is InChI=1S/C21H29NO4/c1-15-20(18(23)14-25-15)22-21(24)19(12-16-8-4-2-5-9-16)26-13-17-10-6-3-7-11-17/h3,6-7,10-11,15-16,19-20H,2,4-5,8-9,12-14H2,1H3,(H,22,24)/t15?,19-,20+/m0/s1. The van der Waals surface area contributed by atoms with Crippen molar-refractivity contribution in [2.45, 2.75) is 70.3 Å². The first-order valence-electron chi connectivity index (χ1n) is 9.73. The van der Waals surface area contributed by atoms with Crippen molar-refractivity contribution in [3.8, 4) is 0 Å². The Hall–Kier alpha value is -1.72. The molecule has 1 saturated carbocycles. The van der Waals surface area contributed by atoms with Crippen molar-refractivity contribution in [1.82, 2.24) is 5.32 Å². The van der Waals surface area contributed by atoms with Crippen molar-refractivity contribution in [2.24, 2.45) is 5.92 Å². The summed E-state index contributed by atoms with van der Waals surface area (Å²) >= 11 is 0. The molecule has 3 atom stereocenters. The lowest BCUT2D eigenvalue weighted by Crippen LogP contribution is -2.48. The van der Waals surface area contributed by atoms with Crippen LogP contribution in [-0.2, 0) is 25.7 Å². The molecule has 1 aliphatic heterocycles. The summed E-state index contributed by atoms with van der Waals surface area (Å²) < 4.78 is 11.3. The summed E-state index contributed by atoms with van der Waals surface area (Å²) in [5.74, 6) is 0.260. The summed E-state index contributed by atoms with van der Waals surface area (Å²) in [6.45, 7) is 2.29. The van der Waals surface area contributed by atoms with Gasteiger partial charge in [0.25, 0.3) is 0 Å². The number of rotatable bonds is 7. The molecule has 5 nitrogen and oxygen atoms in total. The Labute approximate surface area is 155 Å². The van der Waals surface area contributed by atoms with Gasteiger partial charge in [0.15, 0.2) is 5.78 Å². The van der Waals surface area contributed by atoms with Gasteiger partial charge in [-0.15, -0.1) is 0 Å². The number of benzene rings is 1. The molecule has 5 heteroatoms. The van der Waals surface area contributed by atoms with E-state index in [4.69, 9.17) is 9.47 Å². The molecule has 2 fully saturated rings. The predicted octanol–water partition coefficient (Wildman–Crippen LogP) is 3.01. The average Bonchev–Trinajstić information content (AvgIpc) is 2.98. The van der Waals surface area contributed by atoms with Crippen LogP contribution in [0.1, 0.15) is 51.0 Å². The highest BCUT2D eigenvalue weighted by Gasteiger charge is 2.36. The van der Waals surface area contributed by atoms with Crippen molar-refractivity contribution in [2.75, 3.05) is 6.61 Å². The van der Waals surface area contributed by atoms with Crippen LogP contribution in [0.25, 0.3) is 0 Å². The summed E-state index contributed by atoms with van der Waals surface area (Å²) in [5, 5.41) is 2.87. The third-order valence-corrected chi connectivity index (χ3v) is 5.46. The minimum absolute atomic E-state index is 0.0645. The molecule has 1 aromatic carbocycles. The van der Waals surface area contributed by atoms with Crippen molar-refractivity contribution in [3.05, 3.63) is 35.9 Å². The molecule has 142 valence electrons. The SMILES string of the molecule is CC1OCC(=O)[C@@H]1NC(=O)[C@H](CC1CCCCC1)OCc1ccccc1. The number of nitrogens with one attached hydrogen (secondary N) is 1. The quantitative estimate of drug-likeness (QED) is 0.813. The van der Waals surface area contributed by atoms with E-state index in [0.717, 1.165) is 24.8 Å². The Kier molecular flexibility index (Phi) is 6.80. The van der Waals surface area contributed by atoms with Gasteiger partial charge in [-0.1, -0.05) is 62.4 Å². The number of Topliss-reactive ketones (excluding diaryl/α,β-unsaturated/α-hetero) is 1. The fraction of sp³-hybridized carbons (Fsp3) is 0.619. The van der Waals surface area contributed by atoms with Crippen LogP contribution in [0, 0.1) is 5.92 Å². The number of hydrogen-bond acceptors (Lipinski definition) is 4. The molecular weight excluding hydrogens is 330 g/mol. The lowest BCUT2D eigenvalue weighted by atomic mass is 9.85.